The van der Waals surface area contributed by atoms with E-state index in [0.717, 1.165) is 23.8 Å². The van der Waals surface area contributed by atoms with E-state index in [-0.39, 0.29) is 5.41 Å². The molecule has 1 saturated carbocycles. The van der Waals surface area contributed by atoms with E-state index in [1.165, 1.54) is 0 Å². The number of amidine groups is 1. The molecule has 1 aliphatic carbocycles. The molecule has 0 radical (unpaired) electrons. The number of hydrogen-bond acceptors (Lipinski definition) is 5. The summed E-state index contributed by atoms with van der Waals surface area (Å²) in [5.41, 5.74) is 5.72. The molecule has 1 aromatic rings. The molecule has 0 spiro atoms. The third-order valence-electron chi connectivity index (χ3n) is 2.69. The Morgan fingerprint density at radius 1 is 1.50 bits per heavy atom. The molecule has 0 saturated heterocycles. The molecule has 5 nitrogen and oxygen atoms in total. The highest BCUT2D eigenvalue weighted by Crippen LogP contribution is 2.51. The molecule has 0 aliphatic heterocycles. The zero-order chi connectivity index (χ0) is 11.4. The Morgan fingerprint density at radius 3 is 2.75 bits per heavy atom. The van der Waals surface area contributed by atoms with E-state index in [2.05, 4.69) is 15.1 Å². The zero-order valence-electron chi connectivity index (χ0n) is 8.83. The van der Waals surface area contributed by atoms with Crippen LogP contribution in [0.3, 0.4) is 0 Å². The fourth-order valence-electron chi connectivity index (χ4n) is 1.55. The lowest BCUT2D eigenvalue weighted by Gasteiger charge is -2.12. The van der Waals surface area contributed by atoms with Crippen molar-refractivity contribution in [1.29, 1.82) is 0 Å². The SMILES string of the molecule is NC(CC1(CSc2ncccn2)CC1)=NO. The van der Waals surface area contributed by atoms with E-state index in [0.29, 0.717) is 12.3 Å². The van der Waals surface area contributed by atoms with Crippen molar-refractivity contribution in [2.24, 2.45) is 16.3 Å². The van der Waals surface area contributed by atoms with Crippen molar-refractivity contribution >= 4 is 17.6 Å². The Bertz CT molecular complexity index is 378. The molecule has 0 atom stereocenters. The summed E-state index contributed by atoms with van der Waals surface area (Å²) in [4.78, 5) is 8.30. The quantitative estimate of drug-likeness (QED) is 0.203. The Hall–Kier alpha value is -1.30. The molecule has 1 heterocycles. The third kappa shape index (κ3) is 2.85. The summed E-state index contributed by atoms with van der Waals surface area (Å²) < 4.78 is 0. The van der Waals surface area contributed by atoms with Crippen LogP contribution in [0.5, 0.6) is 0 Å². The van der Waals surface area contributed by atoms with Crippen LogP contribution >= 0.6 is 11.8 Å². The first kappa shape index (κ1) is 11.2. The number of oxime groups is 1. The summed E-state index contributed by atoms with van der Waals surface area (Å²) in [5.74, 6) is 1.24. The van der Waals surface area contributed by atoms with Crippen LogP contribution < -0.4 is 5.73 Å². The van der Waals surface area contributed by atoms with Crippen molar-refractivity contribution in [1.82, 2.24) is 9.97 Å². The van der Waals surface area contributed by atoms with Gasteiger partial charge in [-0.1, -0.05) is 16.9 Å². The Morgan fingerprint density at radius 2 is 2.19 bits per heavy atom. The standard InChI is InChI=1S/C10H14N4OS/c11-8(14-15)6-10(2-3-10)7-16-9-12-4-1-5-13-9/h1,4-5,15H,2-3,6-7H2,(H2,11,14). The molecule has 86 valence electrons. The van der Waals surface area contributed by atoms with Gasteiger partial charge in [-0.15, -0.1) is 0 Å². The van der Waals surface area contributed by atoms with Gasteiger partial charge >= 0.3 is 0 Å². The van der Waals surface area contributed by atoms with Crippen molar-refractivity contribution in [2.75, 3.05) is 5.75 Å². The normalized spacial score (nSPS) is 18.4. The van der Waals surface area contributed by atoms with Gasteiger partial charge < -0.3 is 10.9 Å². The highest BCUT2D eigenvalue weighted by Gasteiger charge is 2.43. The first-order valence-electron chi connectivity index (χ1n) is 5.10. The van der Waals surface area contributed by atoms with Gasteiger partial charge in [-0.3, -0.25) is 0 Å². The van der Waals surface area contributed by atoms with E-state index in [9.17, 15) is 0 Å². The second-order valence-corrected chi connectivity index (χ2v) is 5.03. The smallest absolute Gasteiger partial charge is 0.187 e. The van der Waals surface area contributed by atoms with Gasteiger partial charge in [0.2, 0.25) is 0 Å². The van der Waals surface area contributed by atoms with Crippen LogP contribution in [0.1, 0.15) is 19.3 Å². The minimum atomic E-state index is 0.195. The van der Waals surface area contributed by atoms with E-state index < -0.39 is 0 Å². The predicted octanol–water partition coefficient (Wildman–Crippen LogP) is 1.49. The largest absolute Gasteiger partial charge is 0.409 e. The Labute approximate surface area is 98.2 Å². The highest BCUT2D eigenvalue weighted by molar-refractivity contribution is 7.99. The lowest BCUT2D eigenvalue weighted by Crippen LogP contribution is -2.19. The van der Waals surface area contributed by atoms with Gasteiger partial charge in [0, 0.05) is 24.6 Å². The van der Waals surface area contributed by atoms with Crippen LogP contribution in [0.15, 0.2) is 28.8 Å². The summed E-state index contributed by atoms with van der Waals surface area (Å²) in [5, 5.41) is 12.4. The van der Waals surface area contributed by atoms with Gasteiger partial charge in [-0.05, 0) is 24.3 Å². The lowest BCUT2D eigenvalue weighted by atomic mass is 10.1. The Balaban J connectivity index is 1.86. The van der Waals surface area contributed by atoms with Crippen molar-refractivity contribution in [3.63, 3.8) is 0 Å². The number of nitrogens with zero attached hydrogens (tertiary/aromatic N) is 3. The average Bonchev–Trinajstić information content (AvgIpc) is 3.08. The van der Waals surface area contributed by atoms with Crippen molar-refractivity contribution in [2.45, 2.75) is 24.4 Å². The number of thioether (sulfide) groups is 1. The molecule has 0 bridgehead atoms. The summed E-state index contributed by atoms with van der Waals surface area (Å²) in [6.45, 7) is 0. The molecule has 1 fully saturated rings. The number of aromatic nitrogens is 2. The summed E-state index contributed by atoms with van der Waals surface area (Å²) in [6.07, 6.45) is 6.38. The van der Waals surface area contributed by atoms with Gasteiger partial charge in [0.15, 0.2) is 5.16 Å². The molecule has 16 heavy (non-hydrogen) atoms. The molecule has 1 aliphatic rings. The van der Waals surface area contributed by atoms with E-state index in [4.69, 9.17) is 10.9 Å². The van der Waals surface area contributed by atoms with Crippen LogP contribution in [0.2, 0.25) is 0 Å². The van der Waals surface area contributed by atoms with Crippen molar-refractivity contribution in [3.05, 3.63) is 18.5 Å². The molecule has 3 N–H and O–H groups in total. The second kappa shape index (κ2) is 4.69. The monoisotopic (exact) mass is 238 g/mol. The first-order valence-corrected chi connectivity index (χ1v) is 6.09. The van der Waals surface area contributed by atoms with Crippen LogP contribution in [-0.2, 0) is 0 Å². The summed E-state index contributed by atoms with van der Waals surface area (Å²) in [7, 11) is 0. The average molecular weight is 238 g/mol. The molecule has 0 aromatic carbocycles. The molecule has 0 amide bonds. The number of hydrogen-bond donors (Lipinski definition) is 2. The van der Waals surface area contributed by atoms with E-state index in [1.807, 2.05) is 0 Å². The van der Waals surface area contributed by atoms with Crippen LogP contribution in [0.25, 0.3) is 0 Å². The van der Waals surface area contributed by atoms with Crippen LogP contribution in [0, 0.1) is 5.41 Å². The topological polar surface area (TPSA) is 84.4 Å². The van der Waals surface area contributed by atoms with Gasteiger partial charge in [-0.25, -0.2) is 9.97 Å². The maximum atomic E-state index is 8.54. The fourth-order valence-corrected chi connectivity index (χ4v) is 2.64. The first-order chi connectivity index (χ1) is 7.74. The maximum absolute atomic E-state index is 8.54. The number of rotatable bonds is 5. The summed E-state index contributed by atoms with van der Waals surface area (Å²) in [6, 6.07) is 1.80. The molecule has 0 unspecified atom stereocenters. The van der Waals surface area contributed by atoms with Crippen LogP contribution in [0.4, 0.5) is 0 Å². The molecular weight excluding hydrogens is 224 g/mol. The fraction of sp³-hybridized carbons (Fsp3) is 0.500. The van der Waals surface area contributed by atoms with Gasteiger partial charge in [0.25, 0.3) is 0 Å². The Kier molecular flexibility index (Phi) is 3.28. The minimum absolute atomic E-state index is 0.195. The third-order valence-corrected chi connectivity index (χ3v) is 3.92. The lowest BCUT2D eigenvalue weighted by molar-refractivity contribution is 0.315. The predicted molar refractivity (Wildman–Crippen MR) is 62.4 cm³/mol. The van der Waals surface area contributed by atoms with Gasteiger partial charge in [-0.2, -0.15) is 0 Å². The number of nitrogens with two attached hydrogens (primary N) is 1. The van der Waals surface area contributed by atoms with E-state index in [1.54, 1.807) is 30.2 Å². The maximum Gasteiger partial charge on any atom is 0.187 e. The summed E-state index contributed by atoms with van der Waals surface area (Å²) >= 11 is 1.63. The van der Waals surface area contributed by atoms with Crippen molar-refractivity contribution < 1.29 is 5.21 Å². The molecule has 2 rings (SSSR count). The van der Waals surface area contributed by atoms with Gasteiger partial charge in [0.05, 0.1) is 0 Å². The molecule has 1 aromatic heterocycles. The minimum Gasteiger partial charge on any atom is -0.409 e. The van der Waals surface area contributed by atoms with Crippen molar-refractivity contribution in [3.8, 4) is 0 Å². The zero-order valence-corrected chi connectivity index (χ0v) is 9.65. The van der Waals surface area contributed by atoms with E-state index >= 15 is 0 Å². The molecule has 6 heteroatoms. The van der Waals surface area contributed by atoms with Crippen LogP contribution in [-0.4, -0.2) is 26.8 Å². The molecular formula is C10H14N4OS. The van der Waals surface area contributed by atoms with Gasteiger partial charge in [0.1, 0.15) is 5.84 Å². The second-order valence-electron chi connectivity index (χ2n) is 4.09. The highest BCUT2D eigenvalue weighted by atomic mass is 32.2.